The Hall–Kier alpha value is -0.283. The Bertz CT molecular complexity index is 311. The van der Waals surface area contributed by atoms with Crippen LogP contribution in [0.2, 0.25) is 0 Å². The molecular formula is C23H48O6Si. The molecule has 0 fully saturated rings. The van der Waals surface area contributed by atoms with Gasteiger partial charge < -0.3 is 27.5 Å². The molecule has 0 atom stereocenters. The zero-order valence-corrected chi connectivity index (χ0v) is 21.0. The van der Waals surface area contributed by atoms with Crippen molar-refractivity contribution in [3.8, 4) is 0 Å². The zero-order chi connectivity index (χ0) is 22.2. The minimum Gasteiger partial charge on any atom is -0.385 e. The molecular weight excluding hydrogens is 400 g/mol. The fraction of sp³-hybridized carbons (Fsp3) is 0.913. The molecule has 0 spiro atoms. The van der Waals surface area contributed by atoms with Crippen molar-refractivity contribution < 1.29 is 27.5 Å². The number of unbranched alkanes of at least 4 members (excludes halogenated alkanes) is 9. The number of ether oxygens (including phenoxy) is 3. The highest BCUT2D eigenvalue weighted by Gasteiger charge is 2.37. The highest BCUT2D eigenvalue weighted by atomic mass is 28.4. The van der Waals surface area contributed by atoms with Crippen LogP contribution in [0.3, 0.4) is 0 Å². The molecule has 7 heteroatoms. The van der Waals surface area contributed by atoms with Gasteiger partial charge in [-0.25, -0.2) is 0 Å². The van der Waals surface area contributed by atoms with Crippen molar-refractivity contribution >= 4 is 8.80 Å². The van der Waals surface area contributed by atoms with E-state index in [4.69, 9.17) is 27.5 Å². The minimum absolute atomic E-state index is 0.660. The van der Waals surface area contributed by atoms with Crippen LogP contribution in [0.1, 0.15) is 77.0 Å². The first kappa shape index (κ1) is 29.7. The predicted octanol–water partition coefficient (Wildman–Crippen LogP) is 5.32. The van der Waals surface area contributed by atoms with E-state index in [2.05, 4.69) is 6.58 Å². The Morgan fingerprint density at radius 3 is 0.967 bits per heavy atom. The molecule has 0 aromatic heterocycles. The van der Waals surface area contributed by atoms with E-state index in [1.165, 1.54) is 0 Å². The second-order valence-corrected chi connectivity index (χ2v) is 10.1. The van der Waals surface area contributed by atoms with Gasteiger partial charge in [0, 0.05) is 61.0 Å². The normalized spacial score (nSPS) is 11.8. The molecule has 0 aliphatic rings. The summed E-state index contributed by atoms with van der Waals surface area (Å²) in [4.78, 5) is 0. The first-order valence-corrected chi connectivity index (χ1v) is 13.6. The van der Waals surface area contributed by atoms with Crippen molar-refractivity contribution in [3.63, 3.8) is 0 Å². The van der Waals surface area contributed by atoms with Crippen LogP contribution in [0.25, 0.3) is 0 Å². The van der Waals surface area contributed by atoms with Crippen molar-refractivity contribution in [3.05, 3.63) is 12.3 Å². The third-order valence-corrected chi connectivity index (χ3v) is 7.21. The highest BCUT2D eigenvalue weighted by Crippen LogP contribution is 2.16. The quantitative estimate of drug-likeness (QED) is 0.139. The van der Waals surface area contributed by atoms with E-state index in [0.717, 1.165) is 96.9 Å². The van der Waals surface area contributed by atoms with Crippen molar-refractivity contribution in [1.29, 1.82) is 0 Å². The summed E-state index contributed by atoms with van der Waals surface area (Å²) >= 11 is 0. The molecule has 0 aromatic rings. The van der Waals surface area contributed by atoms with Gasteiger partial charge in [-0.3, -0.25) is 0 Å². The van der Waals surface area contributed by atoms with Gasteiger partial charge in [0.05, 0.1) is 0 Å². The summed E-state index contributed by atoms with van der Waals surface area (Å²) in [5.41, 5.74) is 1.80. The molecule has 0 unspecified atom stereocenters. The molecule has 0 N–H and O–H groups in total. The highest BCUT2D eigenvalue weighted by molar-refractivity contribution is 6.66. The maximum atomic E-state index is 6.18. The van der Waals surface area contributed by atoms with Crippen LogP contribution in [-0.2, 0) is 27.5 Å². The molecule has 0 aliphatic carbocycles. The average Bonchev–Trinajstić information content (AvgIpc) is 2.76. The third kappa shape index (κ3) is 18.5. The summed E-state index contributed by atoms with van der Waals surface area (Å²) in [5, 5.41) is 0. The first-order chi connectivity index (χ1) is 14.7. The van der Waals surface area contributed by atoms with E-state index in [0.29, 0.717) is 19.8 Å². The lowest BCUT2D eigenvalue weighted by Crippen LogP contribution is -2.45. The number of hydrogen-bond donors (Lipinski definition) is 0. The van der Waals surface area contributed by atoms with E-state index in [1.54, 1.807) is 27.0 Å². The molecule has 0 saturated carbocycles. The third-order valence-electron chi connectivity index (χ3n) is 4.89. The van der Waals surface area contributed by atoms with E-state index in [-0.39, 0.29) is 0 Å². The Balaban J connectivity index is 4.25. The van der Waals surface area contributed by atoms with Crippen LogP contribution >= 0.6 is 0 Å². The van der Waals surface area contributed by atoms with E-state index in [1.807, 2.05) is 0 Å². The van der Waals surface area contributed by atoms with Gasteiger partial charge in [-0.15, -0.1) is 0 Å². The van der Waals surface area contributed by atoms with Crippen LogP contribution in [0.5, 0.6) is 0 Å². The van der Waals surface area contributed by atoms with Gasteiger partial charge >= 0.3 is 8.80 Å². The summed E-state index contributed by atoms with van der Waals surface area (Å²) in [6.07, 6.45) is 13.2. The topological polar surface area (TPSA) is 55.4 Å². The second kappa shape index (κ2) is 23.4. The molecule has 0 bridgehead atoms. The maximum Gasteiger partial charge on any atom is 0.529 e. The van der Waals surface area contributed by atoms with Crippen LogP contribution < -0.4 is 0 Å². The van der Waals surface area contributed by atoms with Crippen molar-refractivity contribution in [1.82, 2.24) is 0 Å². The molecule has 0 amide bonds. The van der Waals surface area contributed by atoms with Crippen LogP contribution in [0.15, 0.2) is 12.3 Å². The van der Waals surface area contributed by atoms with Gasteiger partial charge in [0.1, 0.15) is 0 Å². The molecule has 0 radical (unpaired) electrons. The zero-order valence-electron chi connectivity index (χ0n) is 20.0. The van der Waals surface area contributed by atoms with Crippen molar-refractivity contribution in [2.24, 2.45) is 0 Å². The van der Waals surface area contributed by atoms with E-state index < -0.39 is 8.80 Å². The molecule has 180 valence electrons. The SMILES string of the molecule is C=C[Si](OCCCCCCOC)(OCCCCCCOC)OCCCCCCOC. The Labute approximate surface area is 187 Å². The molecule has 0 rings (SSSR count). The van der Waals surface area contributed by atoms with Gasteiger partial charge in [0.2, 0.25) is 0 Å². The van der Waals surface area contributed by atoms with Crippen LogP contribution in [0, 0.1) is 0 Å². The fourth-order valence-corrected chi connectivity index (χ4v) is 4.94. The summed E-state index contributed by atoms with van der Waals surface area (Å²) in [7, 11) is 2.44. The lowest BCUT2D eigenvalue weighted by Gasteiger charge is -2.27. The van der Waals surface area contributed by atoms with Gasteiger partial charge in [-0.2, -0.15) is 0 Å². The first-order valence-electron chi connectivity index (χ1n) is 11.8. The maximum absolute atomic E-state index is 6.18. The lowest BCUT2D eigenvalue weighted by molar-refractivity contribution is 0.0669. The summed E-state index contributed by atoms with van der Waals surface area (Å²) in [5.74, 6) is 0. The van der Waals surface area contributed by atoms with Crippen molar-refractivity contribution in [2.75, 3.05) is 61.0 Å². The molecule has 0 heterocycles. The van der Waals surface area contributed by atoms with Gasteiger partial charge in [-0.05, 0) is 44.2 Å². The summed E-state index contributed by atoms with van der Waals surface area (Å²) in [6.45, 7) is 8.45. The smallest absolute Gasteiger partial charge is 0.385 e. The van der Waals surface area contributed by atoms with E-state index in [9.17, 15) is 0 Å². The monoisotopic (exact) mass is 448 g/mol. The number of methoxy groups -OCH3 is 3. The van der Waals surface area contributed by atoms with Gasteiger partial charge in [0.15, 0.2) is 0 Å². The molecule has 0 aliphatic heterocycles. The molecule has 30 heavy (non-hydrogen) atoms. The summed E-state index contributed by atoms with van der Waals surface area (Å²) in [6, 6.07) is 0. The fourth-order valence-electron chi connectivity index (χ4n) is 3.05. The largest absolute Gasteiger partial charge is 0.529 e. The predicted molar refractivity (Wildman–Crippen MR) is 125 cm³/mol. The second-order valence-electron chi connectivity index (χ2n) is 7.57. The Morgan fingerprint density at radius 1 is 0.467 bits per heavy atom. The minimum atomic E-state index is -2.81. The summed E-state index contributed by atoms with van der Waals surface area (Å²) < 4.78 is 33.8. The van der Waals surface area contributed by atoms with Gasteiger partial charge in [0.25, 0.3) is 0 Å². The van der Waals surface area contributed by atoms with Gasteiger partial charge in [-0.1, -0.05) is 45.1 Å². The standard InChI is InChI=1S/C23H48O6Si/c1-5-30(27-21-15-9-6-12-18-24-2,28-22-16-10-7-13-19-25-3)29-23-17-11-8-14-20-26-4/h5H,1,6-23H2,2-4H3. The molecule has 0 aromatic carbocycles. The van der Waals surface area contributed by atoms with Crippen LogP contribution in [0.4, 0.5) is 0 Å². The molecule has 6 nitrogen and oxygen atoms in total. The average molecular weight is 449 g/mol. The Kier molecular flexibility index (Phi) is 23.2. The number of hydrogen-bond acceptors (Lipinski definition) is 6. The lowest BCUT2D eigenvalue weighted by atomic mass is 10.2. The molecule has 0 saturated heterocycles. The van der Waals surface area contributed by atoms with Crippen LogP contribution in [-0.4, -0.2) is 69.8 Å². The Morgan fingerprint density at radius 2 is 0.733 bits per heavy atom. The number of rotatable bonds is 25. The van der Waals surface area contributed by atoms with Crippen molar-refractivity contribution in [2.45, 2.75) is 77.0 Å². The van der Waals surface area contributed by atoms with E-state index >= 15 is 0 Å².